The standard InChI is InChI=1S/C13H14Br2O2/c1-4-8(3)12-10(17-11(16)5-2)7-6-9(14)13(12)15/h5-8H,2,4H2,1,3H3. The van der Waals surface area contributed by atoms with Gasteiger partial charge in [-0.1, -0.05) is 20.4 Å². The van der Waals surface area contributed by atoms with Crippen molar-refractivity contribution in [3.05, 3.63) is 39.3 Å². The van der Waals surface area contributed by atoms with Gasteiger partial charge in [-0.05, 0) is 56.3 Å². The Morgan fingerprint density at radius 3 is 2.71 bits per heavy atom. The molecule has 0 saturated heterocycles. The van der Waals surface area contributed by atoms with Gasteiger partial charge in [-0.2, -0.15) is 0 Å². The summed E-state index contributed by atoms with van der Waals surface area (Å²) in [6.07, 6.45) is 2.13. The zero-order valence-electron chi connectivity index (χ0n) is 9.80. The Morgan fingerprint density at radius 1 is 1.53 bits per heavy atom. The van der Waals surface area contributed by atoms with Crippen molar-refractivity contribution in [2.75, 3.05) is 0 Å². The number of benzene rings is 1. The van der Waals surface area contributed by atoms with Crippen LogP contribution in [0.15, 0.2) is 33.7 Å². The number of carbonyl (C=O) groups excluding carboxylic acids is 1. The Kier molecular flexibility index (Phi) is 5.40. The van der Waals surface area contributed by atoms with E-state index in [-0.39, 0.29) is 0 Å². The lowest BCUT2D eigenvalue weighted by atomic mass is 9.98. The van der Waals surface area contributed by atoms with Gasteiger partial charge < -0.3 is 4.74 Å². The van der Waals surface area contributed by atoms with Crippen LogP contribution in [-0.2, 0) is 4.79 Å². The molecule has 0 heterocycles. The van der Waals surface area contributed by atoms with E-state index in [0.29, 0.717) is 11.7 Å². The van der Waals surface area contributed by atoms with Crippen molar-refractivity contribution in [2.45, 2.75) is 26.2 Å². The molecule has 92 valence electrons. The molecule has 1 unspecified atom stereocenters. The first kappa shape index (κ1) is 14.5. The molecule has 1 atom stereocenters. The second kappa shape index (κ2) is 6.36. The lowest BCUT2D eigenvalue weighted by Gasteiger charge is -2.17. The minimum Gasteiger partial charge on any atom is -0.423 e. The molecule has 0 aromatic heterocycles. The third kappa shape index (κ3) is 3.42. The van der Waals surface area contributed by atoms with Gasteiger partial charge >= 0.3 is 5.97 Å². The summed E-state index contributed by atoms with van der Waals surface area (Å²) in [5, 5.41) is 0. The molecular weight excluding hydrogens is 348 g/mol. The van der Waals surface area contributed by atoms with Gasteiger partial charge in [-0.25, -0.2) is 4.79 Å². The van der Waals surface area contributed by atoms with Gasteiger partial charge in [-0.15, -0.1) is 0 Å². The van der Waals surface area contributed by atoms with E-state index < -0.39 is 5.97 Å². The van der Waals surface area contributed by atoms with E-state index in [0.717, 1.165) is 27.0 Å². The van der Waals surface area contributed by atoms with Crippen molar-refractivity contribution in [3.8, 4) is 5.75 Å². The van der Waals surface area contributed by atoms with Crippen molar-refractivity contribution >= 4 is 37.8 Å². The lowest BCUT2D eigenvalue weighted by molar-refractivity contribution is -0.129. The number of ether oxygens (including phenoxy) is 1. The molecule has 4 heteroatoms. The summed E-state index contributed by atoms with van der Waals surface area (Å²) in [4.78, 5) is 11.3. The van der Waals surface area contributed by atoms with Crippen LogP contribution in [0.25, 0.3) is 0 Å². The second-order valence-electron chi connectivity index (χ2n) is 3.71. The molecular formula is C13H14Br2O2. The number of carbonyl (C=O) groups is 1. The molecule has 0 amide bonds. The van der Waals surface area contributed by atoms with Crippen LogP contribution in [0.2, 0.25) is 0 Å². The van der Waals surface area contributed by atoms with Crippen LogP contribution >= 0.6 is 31.9 Å². The number of rotatable bonds is 4. The molecule has 1 aromatic carbocycles. The van der Waals surface area contributed by atoms with Crippen LogP contribution in [-0.4, -0.2) is 5.97 Å². The molecule has 0 aliphatic rings. The van der Waals surface area contributed by atoms with Gasteiger partial charge in [0.15, 0.2) is 0 Å². The molecule has 0 radical (unpaired) electrons. The van der Waals surface area contributed by atoms with E-state index in [9.17, 15) is 4.79 Å². The third-order valence-electron chi connectivity index (χ3n) is 2.58. The van der Waals surface area contributed by atoms with Crippen molar-refractivity contribution in [2.24, 2.45) is 0 Å². The van der Waals surface area contributed by atoms with Gasteiger partial charge in [-0.3, -0.25) is 0 Å². The third-order valence-corrected chi connectivity index (χ3v) is 4.62. The molecule has 0 N–H and O–H groups in total. The van der Waals surface area contributed by atoms with Crippen molar-refractivity contribution < 1.29 is 9.53 Å². The lowest BCUT2D eigenvalue weighted by Crippen LogP contribution is -2.07. The predicted octanol–water partition coefficient (Wildman–Crippen LogP) is 4.82. The van der Waals surface area contributed by atoms with Crippen molar-refractivity contribution in [3.63, 3.8) is 0 Å². The van der Waals surface area contributed by atoms with Gasteiger partial charge in [0.1, 0.15) is 5.75 Å². The fraction of sp³-hybridized carbons (Fsp3) is 0.308. The van der Waals surface area contributed by atoms with E-state index in [2.05, 4.69) is 52.3 Å². The van der Waals surface area contributed by atoms with Gasteiger partial charge in [0, 0.05) is 20.6 Å². The minimum absolute atomic E-state index is 0.300. The molecule has 0 aliphatic heterocycles. The smallest absolute Gasteiger partial charge is 0.335 e. The summed E-state index contributed by atoms with van der Waals surface area (Å²) in [6, 6.07) is 3.64. The van der Waals surface area contributed by atoms with Gasteiger partial charge in [0.25, 0.3) is 0 Å². The van der Waals surface area contributed by atoms with E-state index in [1.54, 1.807) is 6.07 Å². The highest BCUT2D eigenvalue weighted by Crippen LogP contribution is 2.39. The topological polar surface area (TPSA) is 26.3 Å². The molecule has 2 nitrogen and oxygen atoms in total. The van der Waals surface area contributed by atoms with Crippen LogP contribution in [0.4, 0.5) is 0 Å². The first-order chi connectivity index (χ1) is 8.01. The van der Waals surface area contributed by atoms with Gasteiger partial charge in [0.2, 0.25) is 0 Å². The zero-order valence-corrected chi connectivity index (χ0v) is 13.0. The van der Waals surface area contributed by atoms with Crippen LogP contribution < -0.4 is 4.74 Å². The maximum absolute atomic E-state index is 11.3. The van der Waals surface area contributed by atoms with E-state index >= 15 is 0 Å². The fourth-order valence-electron chi connectivity index (χ4n) is 1.45. The first-order valence-electron chi connectivity index (χ1n) is 5.33. The SMILES string of the molecule is C=CC(=O)Oc1ccc(Br)c(Br)c1C(C)CC. The van der Waals surface area contributed by atoms with Crippen molar-refractivity contribution in [1.82, 2.24) is 0 Å². The summed E-state index contributed by atoms with van der Waals surface area (Å²) >= 11 is 6.97. The molecule has 1 aromatic rings. The Labute approximate surface area is 118 Å². The average molecular weight is 362 g/mol. The predicted molar refractivity (Wildman–Crippen MR) is 76.4 cm³/mol. The van der Waals surface area contributed by atoms with Crippen LogP contribution in [0.5, 0.6) is 5.75 Å². The molecule has 0 spiro atoms. The number of halogens is 2. The van der Waals surface area contributed by atoms with Crippen LogP contribution in [0.3, 0.4) is 0 Å². The minimum atomic E-state index is -0.441. The molecule has 1 rings (SSSR count). The highest BCUT2D eigenvalue weighted by atomic mass is 79.9. The fourth-order valence-corrected chi connectivity index (χ4v) is 2.52. The largest absolute Gasteiger partial charge is 0.423 e. The quantitative estimate of drug-likeness (QED) is 0.436. The number of hydrogen-bond acceptors (Lipinski definition) is 2. The molecule has 0 saturated carbocycles. The summed E-state index contributed by atoms with van der Waals surface area (Å²) in [5.74, 6) is 0.442. The van der Waals surface area contributed by atoms with E-state index in [1.807, 2.05) is 6.07 Å². The molecule has 17 heavy (non-hydrogen) atoms. The van der Waals surface area contributed by atoms with Gasteiger partial charge in [0.05, 0.1) is 0 Å². The Balaban J connectivity index is 3.24. The highest BCUT2D eigenvalue weighted by molar-refractivity contribution is 9.13. The Morgan fingerprint density at radius 2 is 2.18 bits per heavy atom. The summed E-state index contributed by atoms with van der Waals surface area (Å²) in [5.41, 5.74) is 0.997. The summed E-state index contributed by atoms with van der Waals surface area (Å²) in [6.45, 7) is 7.59. The molecule has 0 aliphatic carbocycles. The zero-order chi connectivity index (χ0) is 13.0. The highest BCUT2D eigenvalue weighted by Gasteiger charge is 2.17. The van der Waals surface area contributed by atoms with Crippen LogP contribution in [0.1, 0.15) is 31.7 Å². The van der Waals surface area contributed by atoms with Crippen molar-refractivity contribution in [1.29, 1.82) is 0 Å². The van der Waals surface area contributed by atoms with E-state index in [1.165, 1.54) is 0 Å². The van der Waals surface area contributed by atoms with Crippen LogP contribution in [0, 0.1) is 0 Å². The number of esters is 1. The maximum Gasteiger partial charge on any atom is 0.335 e. The molecule has 0 bridgehead atoms. The summed E-state index contributed by atoms with van der Waals surface area (Å²) < 4.78 is 7.13. The summed E-state index contributed by atoms with van der Waals surface area (Å²) in [7, 11) is 0. The average Bonchev–Trinajstić information content (AvgIpc) is 2.33. The van der Waals surface area contributed by atoms with E-state index in [4.69, 9.17) is 4.74 Å². The number of hydrogen-bond donors (Lipinski definition) is 0. The normalized spacial score (nSPS) is 12.0. The Bertz CT molecular complexity index is 441. The monoisotopic (exact) mass is 360 g/mol. The Hall–Kier alpha value is -0.610. The molecule has 0 fully saturated rings. The first-order valence-corrected chi connectivity index (χ1v) is 6.92. The second-order valence-corrected chi connectivity index (χ2v) is 5.36. The maximum atomic E-state index is 11.3.